The molecule has 0 spiro atoms. The van der Waals surface area contributed by atoms with E-state index >= 15 is 0 Å². The Morgan fingerprint density at radius 2 is 1.59 bits per heavy atom. The molecular weight excluding hydrogens is 268 g/mol. The van der Waals surface area contributed by atoms with E-state index in [0.717, 1.165) is 18.4 Å². The SMILES string of the molecule is CCCCCCCCC/C=C/C/C=C/Cc1cccc(O)c1. The maximum atomic E-state index is 9.38. The van der Waals surface area contributed by atoms with Gasteiger partial charge >= 0.3 is 0 Å². The van der Waals surface area contributed by atoms with Gasteiger partial charge in [0.1, 0.15) is 5.75 Å². The van der Waals surface area contributed by atoms with Gasteiger partial charge in [-0.05, 0) is 43.4 Å². The lowest BCUT2D eigenvalue weighted by Gasteiger charge is -1.98. The number of hydrogen-bond donors (Lipinski definition) is 1. The van der Waals surface area contributed by atoms with E-state index in [0.29, 0.717) is 5.75 Å². The highest BCUT2D eigenvalue weighted by Gasteiger charge is 1.91. The predicted octanol–water partition coefficient (Wildman–Crippen LogP) is 6.58. The van der Waals surface area contributed by atoms with E-state index in [1.54, 1.807) is 6.07 Å². The van der Waals surface area contributed by atoms with Gasteiger partial charge in [0.05, 0.1) is 0 Å². The Kier molecular flexibility index (Phi) is 11.1. The number of benzene rings is 1. The molecule has 0 aliphatic heterocycles. The zero-order valence-corrected chi connectivity index (χ0v) is 14.1. The Labute approximate surface area is 136 Å². The second-order valence-electron chi connectivity index (χ2n) is 5.96. The normalized spacial score (nSPS) is 11.7. The van der Waals surface area contributed by atoms with E-state index < -0.39 is 0 Å². The summed E-state index contributed by atoms with van der Waals surface area (Å²) in [7, 11) is 0. The van der Waals surface area contributed by atoms with Crippen molar-refractivity contribution in [2.75, 3.05) is 0 Å². The lowest BCUT2D eigenvalue weighted by atomic mass is 10.1. The molecule has 0 unspecified atom stereocenters. The number of rotatable bonds is 12. The third kappa shape index (κ3) is 10.3. The first kappa shape index (κ1) is 18.5. The first-order chi connectivity index (χ1) is 10.8. The molecule has 1 heteroatoms. The fraction of sp³-hybridized carbons (Fsp3) is 0.524. The zero-order chi connectivity index (χ0) is 15.9. The lowest BCUT2D eigenvalue weighted by Crippen LogP contribution is -1.79. The van der Waals surface area contributed by atoms with Gasteiger partial charge in [0, 0.05) is 0 Å². The third-order valence-electron chi connectivity index (χ3n) is 3.84. The molecule has 0 aromatic heterocycles. The third-order valence-corrected chi connectivity index (χ3v) is 3.84. The maximum Gasteiger partial charge on any atom is 0.115 e. The van der Waals surface area contributed by atoms with Crippen LogP contribution in [0, 0.1) is 0 Å². The Morgan fingerprint density at radius 1 is 0.864 bits per heavy atom. The largest absolute Gasteiger partial charge is 0.508 e. The average molecular weight is 300 g/mol. The Morgan fingerprint density at radius 3 is 2.36 bits per heavy atom. The molecule has 0 saturated heterocycles. The Hall–Kier alpha value is -1.50. The minimum Gasteiger partial charge on any atom is -0.508 e. The van der Waals surface area contributed by atoms with E-state index in [9.17, 15) is 5.11 Å². The lowest BCUT2D eigenvalue weighted by molar-refractivity contribution is 0.474. The predicted molar refractivity (Wildman–Crippen MR) is 97.3 cm³/mol. The van der Waals surface area contributed by atoms with Crippen molar-refractivity contribution < 1.29 is 5.11 Å². The van der Waals surface area contributed by atoms with Gasteiger partial charge in [0.2, 0.25) is 0 Å². The molecule has 0 heterocycles. The van der Waals surface area contributed by atoms with E-state index in [2.05, 4.69) is 31.2 Å². The summed E-state index contributed by atoms with van der Waals surface area (Å²) < 4.78 is 0. The summed E-state index contributed by atoms with van der Waals surface area (Å²) in [5.41, 5.74) is 1.16. The molecule has 0 saturated carbocycles. The molecule has 1 aromatic rings. The first-order valence-electron chi connectivity index (χ1n) is 8.91. The van der Waals surface area contributed by atoms with Gasteiger partial charge in [0.15, 0.2) is 0 Å². The van der Waals surface area contributed by atoms with Crippen molar-refractivity contribution in [1.29, 1.82) is 0 Å². The summed E-state index contributed by atoms with van der Waals surface area (Å²) in [6, 6.07) is 7.46. The van der Waals surface area contributed by atoms with Crippen LogP contribution in [-0.2, 0) is 6.42 Å². The molecule has 0 fully saturated rings. The fourth-order valence-electron chi connectivity index (χ4n) is 2.51. The van der Waals surface area contributed by atoms with Crippen molar-refractivity contribution in [3.63, 3.8) is 0 Å². The smallest absolute Gasteiger partial charge is 0.115 e. The van der Waals surface area contributed by atoms with Crippen LogP contribution in [0.1, 0.15) is 70.3 Å². The van der Waals surface area contributed by atoms with Crippen molar-refractivity contribution in [2.45, 2.75) is 71.1 Å². The highest BCUT2D eigenvalue weighted by atomic mass is 16.3. The standard InChI is InChI=1S/C21H32O/c1-2-3-4-5-6-7-8-9-10-11-12-13-14-16-20-17-15-18-21(22)19-20/h10-11,13-15,17-19,22H,2-9,12,16H2,1H3/b11-10+,14-13+. The number of phenols is 1. The summed E-state index contributed by atoms with van der Waals surface area (Å²) in [5.74, 6) is 0.348. The molecule has 0 aliphatic rings. The van der Waals surface area contributed by atoms with Crippen LogP contribution in [0.5, 0.6) is 5.75 Å². The fourth-order valence-corrected chi connectivity index (χ4v) is 2.51. The van der Waals surface area contributed by atoms with Gasteiger partial charge < -0.3 is 5.11 Å². The molecule has 1 N–H and O–H groups in total. The molecule has 22 heavy (non-hydrogen) atoms. The number of phenolic OH excluding ortho intramolecular Hbond substituents is 1. The molecule has 122 valence electrons. The quantitative estimate of drug-likeness (QED) is 0.341. The number of hydrogen-bond acceptors (Lipinski definition) is 1. The van der Waals surface area contributed by atoms with Crippen LogP contribution in [0.15, 0.2) is 48.6 Å². The van der Waals surface area contributed by atoms with E-state index in [4.69, 9.17) is 0 Å². The topological polar surface area (TPSA) is 20.2 Å². The Bertz CT molecular complexity index is 431. The molecule has 0 amide bonds. The van der Waals surface area contributed by atoms with Crippen molar-refractivity contribution in [2.24, 2.45) is 0 Å². The van der Waals surface area contributed by atoms with Crippen LogP contribution in [0.4, 0.5) is 0 Å². The van der Waals surface area contributed by atoms with Crippen molar-refractivity contribution in [3.8, 4) is 5.75 Å². The van der Waals surface area contributed by atoms with E-state index in [1.807, 2.05) is 18.2 Å². The highest BCUT2D eigenvalue weighted by Crippen LogP contribution is 2.12. The molecule has 0 aliphatic carbocycles. The maximum absolute atomic E-state index is 9.38. The van der Waals surface area contributed by atoms with Crippen LogP contribution in [0.25, 0.3) is 0 Å². The van der Waals surface area contributed by atoms with Gasteiger partial charge in [-0.25, -0.2) is 0 Å². The molecule has 1 nitrogen and oxygen atoms in total. The summed E-state index contributed by atoms with van der Waals surface area (Å²) in [6.45, 7) is 2.27. The monoisotopic (exact) mass is 300 g/mol. The second-order valence-corrected chi connectivity index (χ2v) is 5.96. The summed E-state index contributed by atoms with van der Waals surface area (Å²) in [5, 5.41) is 9.38. The van der Waals surface area contributed by atoms with E-state index in [1.165, 1.54) is 51.4 Å². The van der Waals surface area contributed by atoms with Gasteiger partial charge in [-0.2, -0.15) is 0 Å². The second kappa shape index (κ2) is 13.2. The van der Waals surface area contributed by atoms with Gasteiger partial charge in [0.25, 0.3) is 0 Å². The summed E-state index contributed by atoms with van der Waals surface area (Å²) in [4.78, 5) is 0. The number of unbranched alkanes of at least 4 members (excludes halogenated alkanes) is 7. The zero-order valence-electron chi connectivity index (χ0n) is 14.1. The van der Waals surface area contributed by atoms with Crippen molar-refractivity contribution >= 4 is 0 Å². The minimum absolute atomic E-state index is 0.348. The van der Waals surface area contributed by atoms with E-state index in [-0.39, 0.29) is 0 Å². The average Bonchev–Trinajstić information content (AvgIpc) is 2.52. The summed E-state index contributed by atoms with van der Waals surface area (Å²) in [6.07, 6.45) is 21.7. The van der Waals surface area contributed by atoms with Crippen LogP contribution in [0.2, 0.25) is 0 Å². The van der Waals surface area contributed by atoms with Crippen LogP contribution in [-0.4, -0.2) is 5.11 Å². The molecule has 0 bridgehead atoms. The molecule has 1 rings (SSSR count). The van der Waals surface area contributed by atoms with Crippen LogP contribution < -0.4 is 0 Å². The number of allylic oxidation sites excluding steroid dienone is 4. The van der Waals surface area contributed by atoms with Crippen molar-refractivity contribution in [1.82, 2.24) is 0 Å². The summed E-state index contributed by atoms with van der Waals surface area (Å²) >= 11 is 0. The molecular formula is C21H32O. The van der Waals surface area contributed by atoms with Gasteiger partial charge in [-0.1, -0.05) is 81.9 Å². The molecule has 0 radical (unpaired) electrons. The number of aromatic hydroxyl groups is 1. The minimum atomic E-state index is 0.348. The Balaban J connectivity index is 1.96. The van der Waals surface area contributed by atoms with Crippen molar-refractivity contribution in [3.05, 3.63) is 54.1 Å². The first-order valence-corrected chi connectivity index (χ1v) is 8.91. The van der Waals surface area contributed by atoms with Gasteiger partial charge in [-0.15, -0.1) is 0 Å². The molecule has 1 aromatic carbocycles. The van der Waals surface area contributed by atoms with Gasteiger partial charge in [-0.3, -0.25) is 0 Å². The van der Waals surface area contributed by atoms with Crippen LogP contribution >= 0.6 is 0 Å². The molecule has 0 atom stereocenters. The highest BCUT2D eigenvalue weighted by molar-refractivity contribution is 5.28. The van der Waals surface area contributed by atoms with Crippen LogP contribution in [0.3, 0.4) is 0 Å².